The van der Waals surface area contributed by atoms with Gasteiger partial charge in [-0.15, -0.1) is 0 Å². The third-order valence-corrected chi connectivity index (χ3v) is 4.13. The summed E-state index contributed by atoms with van der Waals surface area (Å²) in [5.74, 6) is 1.54. The molecule has 1 aromatic carbocycles. The van der Waals surface area contributed by atoms with E-state index in [9.17, 15) is 0 Å². The Balaban J connectivity index is 1.67. The van der Waals surface area contributed by atoms with E-state index >= 15 is 0 Å². The summed E-state index contributed by atoms with van der Waals surface area (Å²) in [6.07, 6.45) is 1.79. The van der Waals surface area contributed by atoms with Gasteiger partial charge in [0.2, 0.25) is 0 Å². The molecular formula is C15H11BrN2OS. The zero-order valence-corrected chi connectivity index (χ0v) is 12.9. The van der Waals surface area contributed by atoms with E-state index in [1.54, 1.807) is 18.0 Å². The van der Waals surface area contributed by atoms with Gasteiger partial charge in [-0.25, -0.2) is 4.98 Å². The largest absolute Gasteiger partial charge is 0.356 e. The van der Waals surface area contributed by atoms with Gasteiger partial charge in [-0.05, 0) is 28.1 Å². The average Bonchev–Trinajstić information content (AvgIpc) is 2.97. The van der Waals surface area contributed by atoms with E-state index in [0.717, 1.165) is 32.3 Å². The predicted octanol–water partition coefficient (Wildman–Crippen LogP) is 4.79. The molecule has 0 fully saturated rings. The van der Waals surface area contributed by atoms with E-state index in [4.69, 9.17) is 4.52 Å². The molecule has 0 aliphatic heterocycles. The first kappa shape index (κ1) is 13.4. The second-order valence-corrected chi connectivity index (χ2v) is 6.06. The Labute approximate surface area is 129 Å². The Hall–Kier alpha value is -1.59. The molecule has 3 rings (SSSR count). The van der Waals surface area contributed by atoms with Crippen LogP contribution in [-0.4, -0.2) is 10.1 Å². The van der Waals surface area contributed by atoms with Gasteiger partial charge in [0.25, 0.3) is 0 Å². The summed E-state index contributed by atoms with van der Waals surface area (Å²) in [6.45, 7) is 0. The van der Waals surface area contributed by atoms with E-state index in [1.807, 2.05) is 48.5 Å². The monoisotopic (exact) mass is 346 g/mol. The van der Waals surface area contributed by atoms with Crippen molar-refractivity contribution < 1.29 is 4.52 Å². The van der Waals surface area contributed by atoms with Crippen molar-refractivity contribution in [1.29, 1.82) is 0 Å². The number of nitrogens with zero attached hydrogens (tertiary/aromatic N) is 2. The summed E-state index contributed by atoms with van der Waals surface area (Å²) in [4.78, 5) is 4.32. The molecule has 5 heteroatoms. The summed E-state index contributed by atoms with van der Waals surface area (Å²) in [5, 5.41) is 5.06. The molecule has 0 spiro atoms. The van der Waals surface area contributed by atoms with Crippen molar-refractivity contribution >= 4 is 27.7 Å². The molecular weight excluding hydrogens is 336 g/mol. The Morgan fingerprint density at radius 1 is 1.10 bits per heavy atom. The molecule has 3 nitrogen and oxygen atoms in total. The molecule has 0 unspecified atom stereocenters. The third-order valence-electron chi connectivity index (χ3n) is 2.69. The lowest BCUT2D eigenvalue weighted by Crippen LogP contribution is -1.82. The maximum atomic E-state index is 5.37. The van der Waals surface area contributed by atoms with Crippen molar-refractivity contribution in [1.82, 2.24) is 10.1 Å². The van der Waals surface area contributed by atoms with Crippen molar-refractivity contribution in [3.05, 3.63) is 64.9 Å². The molecule has 2 heterocycles. The van der Waals surface area contributed by atoms with E-state index in [-0.39, 0.29) is 0 Å². The standard InChI is InChI=1S/C15H11BrN2OS/c16-12-6-7-15(17-9-12)20-10-13-8-14(19-18-13)11-4-2-1-3-5-11/h1-9H,10H2. The molecule has 0 amide bonds. The average molecular weight is 347 g/mol. The smallest absolute Gasteiger partial charge is 0.167 e. The molecule has 0 bridgehead atoms. The highest BCUT2D eigenvalue weighted by Gasteiger charge is 2.07. The fourth-order valence-corrected chi connectivity index (χ4v) is 2.67. The number of hydrogen-bond acceptors (Lipinski definition) is 4. The van der Waals surface area contributed by atoms with Gasteiger partial charge in [0.15, 0.2) is 5.76 Å². The van der Waals surface area contributed by atoms with Crippen molar-refractivity contribution in [2.24, 2.45) is 0 Å². The maximum Gasteiger partial charge on any atom is 0.167 e. The molecule has 0 saturated heterocycles. The van der Waals surface area contributed by atoms with Crippen LogP contribution in [0.25, 0.3) is 11.3 Å². The van der Waals surface area contributed by atoms with E-state index in [2.05, 4.69) is 26.1 Å². The van der Waals surface area contributed by atoms with Gasteiger partial charge in [-0.2, -0.15) is 0 Å². The Bertz CT molecular complexity index is 683. The summed E-state index contributed by atoms with van der Waals surface area (Å²) >= 11 is 5.01. The number of halogens is 1. The van der Waals surface area contributed by atoms with Gasteiger partial charge in [-0.3, -0.25) is 0 Å². The summed E-state index contributed by atoms with van der Waals surface area (Å²) in [5.41, 5.74) is 1.96. The van der Waals surface area contributed by atoms with E-state index in [0.29, 0.717) is 0 Å². The van der Waals surface area contributed by atoms with Crippen molar-refractivity contribution in [2.45, 2.75) is 10.8 Å². The number of hydrogen-bond donors (Lipinski definition) is 0. The minimum Gasteiger partial charge on any atom is -0.356 e. The Morgan fingerprint density at radius 3 is 2.70 bits per heavy atom. The van der Waals surface area contributed by atoms with Gasteiger partial charge in [0.1, 0.15) is 0 Å². The number of pyridine rings is 1. The SMILES string of the molecule is Brc1ccc(SCc2cc(-c3ccccc3)on2)nc1. The fraction of sp³-hybridized carbons (Fsp3) is 0.0667. The number of thioether (sulfide) groups is 1. The highest BCUT2D eigenvalue weighted by molar-refractivity contribution is 9.10. The summed E-state index contributed by atoms with van der Waals surface area (Å²) < 4.78 is 6.35. The van der Waals surface area contributed by atoms with Crippen molar-refractivity contribution in [3.8, 4) is 11.3 Å². The lowest BCUT2D eigenvalue weighted by atomic mass is 10.2. The maximum absolute atomic E-state index is 5.37. The van der Waals surface area contributed by atoms with Gasteiger partial charge in [0.05, 0.1) is 10.7 Å². The molecule has 20 heavy (non-hydrogen) atoms. The molecule has 0 atom stereocenters. The first-order valence-electron chi connectivity index (χ1n) is 6.06. The normalized spacial score (nSPS) is 10.7. The highest BCUT2D eigenvalue weighted by Crippen LogP contribution is 2.25. The van der Waals surface area contributed by atoms with Crippen LogP contribution in [0.4, 0.5) is 0 Å². The van der Waals surface area contributed by atoms with Gasteiger partial charge in [0, 0.05) is 28.1 Å². The fourth-order valence-electron chi connectivity index (χ4n) is 1.71. The highest BCUT2D eigenvalue weighted by atomic mass is 79.9. The van der Waals surface area contributed by atoms with Crippen LogP contribution >= 0.6 is 27.7 Å². The van der Waals surface area contributed by atoms with Gasteiger partial charge in [-0.1, -0.05) is 47.3 Å². The summed E-state index contributed by atoms with van der Waals surface area (Å²) in [6, 6.07) is 15.9. The lowest BCUT2D eigenvalue weighted by molar-refractivity contribution is 0.426. The Morgan fingerprint density at radius 2 is 1.95 bits per heavy atom. The quantitative estimate of drug-likeness (QED) is 0.636. The molecule has 0 aliphatic rings. The predicted molar refractivity (Wildman–Crippen MR) is 83.4 cm³/mol. The zero-order valence-electron chi connectivity index (χ0n) is 10.5. The zero-order chi connectivity index (χ0) is 13.8. The van der Waals surface area contributed by atoms with Crippen LogP contribution in [0.1, 0.15) is 5.69 Å². The number of benzene rings is 1. The molecule has 2 aromatic heterocycles. The first-order valence-corrected chi connectivity index (χ1v) is 7.84. The van der Waals surface area contributed by atoms with Crippen LogP contribution in [0.3, 0.4) is 0 Å². The van der Waals surface area contributed by atoms with Crippen LogP contribution < -0.4 is 0 Å². The van der Waals surface area contributed by atoms with Gasteiger partial charge < -0.3 is 4.52 Å². The van der Waals surface area contributed by atoms with Crippen LogP contribution in [-0.2, 0) is 5.75 Å². The molecule has 0 saturated carbocycles. The minimum atomic E-state index is 0.741. The topological polar surface area (TPSA) is 38.9 Å². The van der Waals surface area contributed by atoms with Gasteiger partial charge >= 0.3 is 0 Å². The van der Waals surface area contributed by atoms with Crippen LogP contribution in [0, 0.1) is 0 Å². The number of rotatable bonds is 4. The molecule has 0 N–H and O–H groups in total. The van der Waals surface area contributed by atoms with Crippen molar-refractivity contribution in [2.75, 3.05) is 0 Å². The molecule has 0 radical (unpaired) electrons. The van der Waals surface area contributed by atoms with Crippen molar-refractivity contribution in [3.63, 3.8) is 0 Å². The summed E-state index contributed by atoms with van der Waals surface area (Å²) in [7, 11) is 0. The minimum absolute atomic E-state index is 0.741. The first-order chi connectivity index (χ1) is 9.81. The second kappa shape index (κ2) is 6.24. The number of aromatic nitrogens is 2. The van der Waals surface area contributed by atoms with Crippen LogP contribution in [0.15, 0.2) is 68.7 Å². The van der Waals surface area contributed by atoms with E-state index < -0.39 is 0 Å². The third kappa shape index (κ3) is 3.29. The van der Waals surface area contributed by atoms with E-state index in [1.165, 1.54) is 0 Å². The van der Waals surface area contributed by atoms with Crippen LogP contribution in [0.5, 0.6) is 0 Å². The Kier molecular flexibility index (Phi) is 4.18. The van der Waals surface area contributed by atoms with Crippen LogP contribution in [0.2, 0.25) is 0 Å². The molecule has 0 aliphatic carbocycles. The lowest BCUT2D eigenvalue weighted by Gasteiger charge is -1.97. The second-order valence-electron chi connectivity index (χ2n) is 4.15. The molecule has 3 aromatic rings. The molecule has 100 valence electrons.